The van der Waals surface area contributed by atoms with Gasteiger partial charge in [-0.2, -0.15) is 0 Å². The van der Waals surface area contributed by atoms with E-state index in [0.717, 1.165) is 12.8 Å². The van der Waals surface area contributed by atoms with Crippen molar-refractivity contribution in [1.82, 2.24) is 10.3 Å². The first-order valence-electron chi connectivity index (χ1n) is 4.67. The highest BCUT2D eigenvalue weighted by Gasteiger charge is 2.23. The lowest BCUT2D eigenvalue weighted by Gasteiger charge is -2.11. The molecule has 0 amide bonds. The predicted molar refractivity (Wildman–Crippen MR) is 50.2 cm³/mol. The van der Waals surface area contributed by atoms with Crippen LogP contribution in [-0.4, -0.2) is 22.7 Å². The third-order valence-corrected chi connectivity index (χ3v) is 2.55. The number of aliphatic hydroxyl groups is 1. The maximum absolute atomic E-state index is 8.95. The maximum atomic E-state index is 8.95. The van der Waals surface area contributed by atoms with Crippen molar-refractivity contribution in [3.8, 4) is 0 Å². The fraction of sp³-hybridized carbons (Fsp3) is 0.500. The fourth-order valence-corrected chi connectivity index (χ4v) is 1.81. The van der Waals surface area contributed by atoms with Crippen LogP contribution in [0, 0.1) is 0 Å². The van der Waals surface area contributed by atoms with Crippen molar-refractivity contribution in [3.63, 3.8) is 0 Å². The number of aromatic nitrogens is 1. The predicted octanol–water partition coefficient (Wildman–Crippen LogP) is 0.867. The number of pyridine rings is 1. The van der Waals surface area contributed by atoms with Gasteiger partial charge in [0.05, 0.1) is 6.61 Å². The second kappa shape index (κ2) is 3.85. The Labute approximate surface area is 77.8 Å². The molecule has 0 aliphatic carbocycles. The molecule has 0 aromatic carbocycles. The zero-order valence-electron chi connectivity index (χ0n) is 7.48. The highest BCUT2D eigenvalue weighted by atomic mass is 16.3. The second-order valence-corrected chi connectivity index (χ2v) is 3.46. The molecule has 0 bridgehead atoms. The molecule has 2 rings (SSSR count). The molecular weight excluding hydrogens is 164 g/mol. The van der Waals surface area contributed by atoms with Crippen molar-refractivity contribution in [3.05, 3.63) is 30.1 Å². The van der Waals surface area contributed by atoms with Crippen molar-refractivity contribution < 1.29 is 5.11 Å². The largest absolute Gasteiger partial charge is 0.395 e. The van der Waals surface area contributed by atoms with E-state index < -0.39 is 0 Å². The van der Waals surface area contributed by atoms with Crippen LogP contribution in [-0.2, 0) is 0 Å². The van der Waals surface area contributed by atoms with Crippen LogP contribution < -0.4 is 5.32 Å². The van der Waals surface area contributed by atoms with Gasteiger partial charge in [0.15, 0.2) is 0 Å². The highest BCUT2D eigenvalue weighted by Crippen LogP contribution is 2.25. The lowest BCUT2D eigenvalue weighted by molar-refractivity contribution is 0.251. The van der Waals surface area contributed by atoms with E-state index in [1.54, 1.807) is 6.20 Å². The van der Waals surface area contributed by atoms with Gasteiger partial charge in [-0.15, -0.1) is 0 Å². The van der Waals surface area contributed by atoms with Crippen LogP contribution in [0.3, 0.4) is 0 Å². The molecule has 2 atom stereocenters. The van der Waals surface area contributed by atoms with E-state index in [-0.39, 0.29) is 12.6 Å². The van der Waals surface area contributed by atoms with E-state index in [1.165, 1.54) is 5.56 Å². The SMILES string of the molecule is OC[C@@H]1CC[C@H](c2cccnc2)N1. The lowest BCUT2D eigenvalue weighted by Crippen LogP contribution is -2.27. The van der Waals surface area contributed by atoms with Crippen molar-refractivity contribution in [1.29, 1.82) is 0 Å². The molecular formula is C10H14N2O. The van der Waals surface area contributed by atoms with Crippen molar-refractivity contribution >= 4 is 0 Å². The van der Waals surface area contributed by atoms with Gasteiger partial charge in [-0.1, -0.05) is 6.07 Å². The van der Waals surface area contributed by atoms with E-state index in [1.807, 2.05) is 12.3 Å². The highest BCUT2D eigenvalue weighted by molar-refractivity contribution is 5.15. The molecule has 13 heavy (non-hydrogen) atoms. The Kier molecular flexibility index (Phi) is 2.57. The maximum Gasteiger partial charge on any atom is 0.0584 e. The van der Waals surface area contributed by atoms with E-state index in [2.05, 4.69) is 16.4 Å². The molecule has 2 heterocycles. The summed E-state index contributed by atoms with van der Waals surface area (Å²) in [6, 6.07) is 4.67. The Hall–Kier alpha value is -0.930. The quantitative estimate of drug-likeness (QED) is 0.706. The summed E-state index contributed by atoms with van der Waals surface area (Å²) in [5.74, 6) is 0. The van der Waals surface area contributed by atoms with Crippen LogP contribution in [0.5, 0.6) is 0 Å². The zero-order chi connectivity index (χ0) is 9.10. The van der Waals surface area contributed by atoms with Gasteiger partial charge in [0.25, 0.3) is 0 Å². The molecule has 2 N–H and O–H groups in total. The van der Waals surface area contributed by atoms with Crippen molar-refractivity contribution in [2.45, 2.75) is 24.9 Å². The summed E-state index contributed by atoms with van der Waals surface area (Å²) in [5, 5.41) is 12.3. The molecule has 70 valence electrons. The first-order chi connectivity index (χ1) is 6.40. The monoisotopic (exact) mass is 178 g/mol. The minimum atomic E-state index is 0.233. The Morgan fingerprint density at radius 3 is 3.08 bits per heavy atom. The third-order valence-electron chi connectivity index (χ3n) is 2.55. The van der Waals surface area contributed by atoms with E-state index in [9.17, 15) is 0 Å². The number of rotatable bonds is 2. The van der Waals surface area contributed by atoms with Crippen LogP contribution >= 0.6 is 0 Å². The summed E-state index contributed by atoms with van der Waals surface area (Å²) in [6.45, 7) is 0.233. The van der Waals surface area contributed by atoms with Gasteiger partial charge in [0.1, 0.15) is 0 Å². The first-order valence-corrected chi connectivity index (χ1v) is 4.67. The molecule has 3 heteroatoms. The van der Waals surface area contributed by atoms with E-state index in [4.69, 9.17) is 5.11 Å². The summed E-state index contributed by atoms with van der Waals surface area (Å²) in [5.41, 5.74) is 1.22. The van der Waals surface area contributed by atoms with E-state index in [0.29, 0.717) is 6.04 Å². The van der Waals surface area contributed by atoms with Gasteiger partial charge >= 0.3 is 0 Å². The van der Waals surface area contributed by atoms with Crippen molar-refractivity contribution in [2.24, 2.45) is 0 Å². The Bertz CT molecular complexity index is 263. The Morgan fingerprint density at radius 1 is 1.54 bits per heavy atom. The molecule has 0 radical (unpaired) electrons. The third kappa shape index (κ3) is 1.87. The summed E-state index contributed by atoms with van der Waals surface area (Å²) in [4.78, 5) is 4.08. The zero-order valence-corrected chi connectivity index (χ0v) is 7.48. The van der Waals surface area contributed by atoms with Crippen LogP contribution in [0.25, 0.3) is 0 Å². The topological polar surface area (TPSA) is 45.2 Å². The summed E-state index contributed by atoms with van der Waals surface area (Å²) in [6.07, 6.45) is 5.81. The van der Waals surface area contributed by atoms with Gasteiger partial charge < -0.3 is 10.4 Å². The number of hydrogen-bond donors (Lipinski definition) is 2. The molecule has 0 spiro atoms. The minimum Gasteiger partial charge on any atom is -0.395 e. The molecule has 1 aliphatic heterocycles. The fourth-order valence-electron chi connectivity index (χ4n) is 1.81. The van der Waals surface area contributed by atoms with Crippen LogP contribution in [0.4, 0.5) is 0 Å². The number of aliphatic hydroxyl groups excluding tert-OH is 1. The summed E-state index contributed by atoms with van der Waals surface area (Å²) in [7, 11) is 0. The van der Waals surface area contributed by atoms with Crippen LogP contribution in [0.2, 0.25) is 0 Å². The van der Waals surface area contributed by atoms with Crippen LogP contribution in [0.1, 0.15) is 24.4 Å². The molecule has 3 nitrogen and oxygen atoms in total. The molecule has 1 aliphatic rings. The van der Waals surface area contributed by atoms with E-state index >= 15 is 0 Å². The Morgan fingerprint density at radius 2 is 2.46 bits per heavy atom. The molecule has 1 fully saturated rings. The average molecular weight is 178 g/mol. The summed E-state index contributed by atoms with van der Waals surface area (Å²) >= 11 is 0. The molecule has 0 saturated carbocycles. The average Bonchev–Trinajstić information content (AvgIpc) is 2.67. The van der Waals surface area contributed by atoms with Crippen molar-refractivity contribution in [2.75, 3.05) is 6.61 Å². The molecule has 1 aromatic rings. The van der Waals surface area contributed by atoms with Gasteiger partial charge in [-0.3, -0.25) is 4.98 Å². The first kappa shape index (κ1) is 8.66. The van der Waals surface area contributed by atoms with Gasteiger partial charge in [0.2, 0.25) is 0 Å². The smallest absolute Gasteiger partial charge is 0.0584 e. The lowest BCUT2D eigenvalue weighted by atomic mass is 10.1. The number of nitrogens with one attached hydrogen (secondary N) is 1. The van der Waals surface area contributed by atoms with Gasteiger partial charge in [0, 0.05) is 24.5 Å². The number of hydrogen-bond acceptors (Lipinski definition) is 3. The van der Waals surface area contributed by atoms with Crippen LogP contribution in [0.15, 0.2) is 24.5 Å². The molecule has 1 aromatic heterocycles. The minimum absolute atomic E-state index is 0.233. The normalized spacial score (nSPS) is 27.8. The van der Waals surface area contributed by atoms with Gasteiger partial charge in [-0.25, -0.2) is 0 Å². The second-order valence-electron chi connectivity index (χ2n) is 3.46. The Balaban J connectivity index is 2.04. The van der Waals surface area contributed by atoms with Gasteiger partial charge in [-0.05, 0) is 24.5 Å². The molecule has 1 saturated heterocycles. The number of nitrogens with zero attached hydrogens (tertiary/aromatic N) is 1. The standard InChI is InChI=1S/C10H14N2O/c13-7-9-3-4-10(12-9)8-2-1-5-11-6-8/h1-2,5-6,9-10,12-13H,3-4,7H2/t9-,10+/m0/s1. The molecule has 0 unspecified atom stereocenters. The summed E-state index contributed by atoms with van der Waals surface area (Å²) < 4.78 is 0.